The van der Waals surface area contributed by atoms with Crippen molar-refractivity contribution in [2.45, 2.75) is 130 Å². The van der Waals surface area contributed by atoms with Crippen LogP contribution in [0, 0.1) is 22.9 Å². The summed E-state index contributed by atoms with van der Waals surface area (Å²) in [6.07, 6.45) is 3.45. The summed E-state index contributed by atoms with van der Waals surface area (Å²) >= 11 is 0. The van der Waals surface area contributed by atoms with E-state index in [4.69, 9.17) is 15.2 Å². The Hall–Kier alpha value is -3.88. The summed E-state index contributed by atoms with van der Waals surface area (Å²) in [5.41, 5.74) is 15.6. The smallest absolute Gasteiger partial charge is 0.414 e. The standard InChI is InChI=1S/C27H43N3O5Si.C15H23NSi/c1-26(2,3)34-24(32)29-19-22(23(31)30-25(33)35-27(4,5)6)28-17-10-11-20-12-14-21(15-13-20)16-18-36(7,8)9;1-17(2,3)12-10-15-9-6-8-14(13-15)7-4-5-11-16/h12-15,22,28H,10-11,17,19H2,1-9H3,(H,29,32)(H,30,31,33);6,8-9,13H,4-5,7,11,16H2,1-3H3/t22-;/m0./s1. The van der Waals surface area contributed by atoms with Crippen LogP contribution in [0.15, 0.2) is 48.5 Å². The third-order valence-electron chi connectivity index (χ3n) is 6.79. The van der Waals surface area contributed by atoms with E-state index in [-0.39, 0.29) is 6.54 Å². The summed E-state index contributed by atoms with van der Waals surface area (Å²) in [4.78, 5) is 36.8. The van der Waals surface area contributed by atoms with Crippen LogP contribution in [0.5, 0.6) is 0 Å². The normalized spacial score (nSPS) is 12.0. The molecule has 2 aromatic rings. The van der Waals surface area contributed by atoms with Crippen LogP contribution in [-0.4, -0.2) is 71.1 Å². The van der Waals surface area contributed by atoms with Crippen molar-refractivity contribution in [3.8, 4) is 22.9 Å². The van der Waals surface area contributed by atoms with Crippen molar-refractivity contribution < 1.29 is 23.9 Å². The Labute approximate surface area is 322 Å². The van der Waals surface area contributed by atoms with E-state index >= 15 is 0 Å². The van der Waals surface area contributed by atoms with Crippen LogP contribution < -0.4 is 21.7 Å². The van der Waals surface area contributed by atoms with Gasteiger partial charge in [0.15, 0.2) is 0 Å². The van der Waals surface area contributed by atoms with Crippen molar-refractivity contribution in [3.63, 3.8) is 0 Å². The predicted octanol–water partition coefficient (Wildman–Crippen LogP) is 7.58. The first-order valence-corrected chi connectivity index (χ1v) is 25.6. The molecule has 0 aliphatic heterocycles. The first-order valence-electron chi connectivity index (χ1n) is 18.6. The molecule has 0 radical (unpaired) electrons. The van der Waals surface area contributed by atoms with Crippen LogP contribution in [0.1, 0.15) is 83.1 Å². The number of hydrogen-bond acceptors (Lipinski definition) is 7. The van der Waals surface area contributed by atoms with E-state index in [1.807, 2.05) is 12.1 Å². The second-order valence-electron chi connectivity index (χ2n) is 17.1. The van der Waals surface area contributed by atoms with E-state index in [2.05, 4.69) is 115 Å². The van der Waals surface area contributed by atoms with Gasteiger partial charge < -0.3 is 25.8 Å². The van der Waals surface area contributed by atoms with Crippen molar-refractivity contribution in [1.29, 1.82) is 0 Å². The molecule has 0 heterocycles. The minimum atomic E-state index is -1.41. The van der Waals surface area contributed by atoms with E-state index in [0.717, 1.165) is 48.9 Å². The minimum Gasteiger partial charge on any atom is -0.444 e. The fourth-order valence-electron chi connectivity index (χ4n) is 4.37. The Morgan fingerprint density at radius 2 is 1.26 bits per heavy atom. The number of carbonyl (C=O) groups excluding carboxylic acids is 3. The van der Waals surface area contributed by atoms with Gasteiger partial charge >= 0.3 is 12.2 Å². The van der Waals surface area contributed by atoms with Crippen LogP contribution in [0.3, 0.4) is 0 Å². The van der Waals surface area contributed by atoms with Gasteiger partial charge in [-0.1, -0.05) is 75.4 Å². The highest BCUT2D eigenvalue weighted by Gasteiger charge is 2.25. The molecule has 1 atom stereocenters. The summed E-state index contributed by atoms with van der Waals surface area (Å²) in [7, 11) is -2.68. The molecule has 0 aromatic heterocycles. The number of amides is 3. The number of nitrogens with two attached hydrogens (primary N) is 1. The Morgan fingerprint density at radius 1 is 0.717 bits per heavy atom. The van der Waals surface area contributed by atoms with Crippen LogP contribution in [0.25, 0.3) is 0 Å². The number of alkyl carbamates (subject to hydrolysis) is 2. The molecule has 2 aromatic carbocycles. The molecule has 0 fully saturated rings. The molecule has 3 amide bonds. The summed E-state index contributed by atoms with van der Waals surface area (Å²) < 4.78 is 10.4. The van der Waals surface area contributed by atoms with Gasteiger partial charge in [-0.3, -0.25) is 10.1 Å². The molecule has 0 unspecified atom stereocenters. The van der Waals surface area contributed by atoms with Gasteiger partial charge in [0.25, 0.3) is 0 Å². The van der Waals surface area contributed by atoms with Gasteiger partial charge in [0.1, 0.15) is 33.4 Å². The average Bonchev–Trinajstić information content (AvgIpc) is 3.01. The molecule has 0 aliphatic carbocycles. The highest BCUT2D eigenvalue weighted by molar-refractivity contribution is 6.84. The second kappa shape index (κ2) is 22.4. The first kappa shape index (κ1) is 47.1. The summed E-state index contributed by atoms with van der Waals surface area (Å²) in [5.74, 6) is 5.96. The van der Waals surface area contributed by atoms with Gasteiger partial charge in [0.2, 0.25) is 5.91 Å². The molecule has 292 valence electrons. The third kappa shape index (κ3) is 25.7. The number of benzene rings is 2. The quantitative estimate of drug-likeness (QED) is 0.0997. The van der Waals surface area contributed by atoms with Gasteiger partial charge in [-0.25, -0.2) is 9.59 Å². The van der Waals surface area contributed by atoms with Crippen LogP contribution in [0.2, 0.25) is 39.3 Å². The predicted molar refractivity (Wildman–Crippen MR) is 224 cm³/mol. The molecule has 0 spiro atoms. The molecule has 2 rings (SSSR count). The van der Waals surface area contributed by atoms with Crippen molar-refractivity contribution in [3.05, 3.63) is 70.8 Å². The fraction of sp³-hybridized carbons (Fsp3) is 0.548. The van der Waals surface area contributed by atoms with E-state index in [1.54, 1.807) is 41.5 Å². The molecular weight excluding hydrogens is 697 g/mol. The zero-order valence-electron chi connectivity index (χ0n) is 34.5. The van der Waals surface area contributed by atoms with E-state index in [9.17, 15) is 14.4 Å². The number of rotatable bonds is 12. The number of imide groups is 1. The molecule has 53 heavy (non-hydrogen) atoms. The Morgan fingerprint density at radius 3 is 1.81 bits per heavy atom. The van der Waals surface area contributed by atoms with Gasteiger partial charge in [-0.15, -0.1) is 11.1 Å². The lowest BCUT2D eigenvalue weighted by atomic mass is 10.1. The topological polar surface area (TPSA) is 132 Å². The van der Waals surface area contributed by atoms with Crippen molar-refractivity contribution in [2.24, 2.45) is 5.73 Å². The Balaban J connectivity index is 0.000000686. The zero-order valence-corrected chi connectivity index (χ0v) is 36.5. The lowest BCUT2D eigenvalue weighted by Gasteiger charge is -2.23. The number of aryl methyl sites for hydroxylation is 2. The highest BCUT2D eigenvalue weighted by atomic mass is 28.3. The Kier molecular flexibility index (Phi) is 19.9. The molecular formula is C42H66N4O5Si2. The largest absolute Gasteiger partial charge is 0.444 e. The Bertz CT molecular complexity index is 1580. The van der Waals surface area contributed by atoms with Crippen molar-refractivity contribution >= 4 is 34.2 Å². The number of ether oxygens (including phenoxy) is 2. The monoisotopic (exact) mass is 762 g/mol. The van der Waals surface area contributed by atoms with Gasteiger partial charge in [-0.2, -0.15) is 0 Å². The van der Waals surface area contributed by atoms with Crippen LogP contribution >= 0.6 is 0 Å². The zero-order chi connectivity index (χ0) is 40.3. The maximum absolute atomic E-state index is 12.7. The lowest BCUT2D eigenvalue weighted by Crippen LogP contribution is -2.53. The van der Waals surface area contributed by atoms with Gasteiger partial charge in [0, 0.05) is 17.7 Å². The molecule has 5 N–H and O–H groups in total. The summed E-state index contributed by atoms with van der Waals surface area (Å²) in [6.45, 7) is 25.1. The van der Waals surface area contributed by atoms with E-state index in [0.29, 0.717) is 6.54 Å². The number of carbonyl (C=O) groups is 3. The summed E-state index contributed by atoms with van der Waals surface area (Å²) in [5, 5.41) is 7.93. The lowest BCUT2D eigenvalue weighted by molar-refractivity contribution is -0.122. The minimum absolute atomic E-state index is 0.0476. The van der Waals surface area contributed by atoms with E-state index in [1.165, 1.54) is 12.0 Å². The number of hydrogen-bond donors (Lipinski definition) is 4. The molecule has 0 aliphatic rings. The molecule has 11 heteroatoms. The van der Waals surface area contributed by atoms with Crippen molar-refractivity contribution in [2.75, 3.05) is 19.6 Å². The van der Waals surface area contributed by atoms with Crippen LogP contribution in [0.4, 0.5) is 9.59 Å². The highest BCUT2D eigenvalue weighted by Crippen LogP contribution is 2.10. The van der Waals surface area contributed by atoms with Crippen LogP contribution in [-0.2, 0) is 27.1 Å². The number of nitrogens with one attached hydrogen (secondary N) is 3. The van der Waals surface area contributed by atoms with E-state index < -0.39 is 51.5 Å². The maximum atomic E-state index is 12.7. The van der Waals surface area contributed by atoms with Crippen molar-refractivity contribution in [1.82, 2.24) is 16.0 Å². The van der Waals surface area contributed by atoms with Gasteiger partial charge in [-0.05, 0) is 122 Å². The van der Waals surface area contributed by atoms with Gasteiger partial charge in [0.05, 0.1) is 0 Å². The molecule has 0 saturated carbocycles. The maximum Gasteiger partial charge on any atom is 0.414 e. The third-order valence-corrected chi connectivity index (χ3v) is 8.54. The second-order valence-corrected chi connectivity index (χ2v) is 26.6. The average molecular weight is 763 g/mol. The fourth-order valence-corrected chi connectivity index (χ4v) is 5.41. The molecule has 9 nitrogen and oxygen atoms in total. The SMILES string of the molecule is CC(C)(C)OC(=O)NC[C@H](NCCCc1ccc(C#C[Si](C)(C)C)cc1)C(=O)NC(=O)OC(C)(C)C.C[Si](C)(C)C#Cc1cccc(CCCCN)c1. The summed E-state index contributed by atoms with van der Waals surface area (Å²) in [6, 6.07) is 15.9. The first-order chi connectivity index (χ1) is 24.4. The molecule has 0 bridgehead atoms. The molecule has 0 saturated heterocycles. The number of unbranched alkanes of at least 4 members (excludes halogenated alkanes) is 1.